The maximum absolute atomic E-state index is 12.1. The first-order valence-corrected chi connectivity index (χ1v) is 7.14. The fourth-order valence-corrected chi connectivity index (χ4v) is 2.07. The average Bonchev–Trinajstić information content (AvgIpc) is 3.24. The Hall–Kier alpha value is -1.36. The van der Waals surface area contributed by atoms with E-state index in [0.717, 1.165) is 32.4 Å². The Morgan fingerprint density at radius 3 is 2.95 bits per heavy atom. The Morgan fingerprint density at radius 1 is 1.58 bits per heavy atom. The lowest BCUT2D eigenvalue weighted by atomic mass is 10.2. The molecule has 1 aliphatic rings. The van der Waals surface area contributed by atoms with E-state index in [-0.39, 0.29) is 5.56 Å². The van der Waals surface area contributed by atoms with Gasteiger partial charge in [-0.2, -0.15) is 0 Å². The van der Waals surface area contributed by atoms with Crippen LogP contribution in [0.1, 0.15) is 39.2 Å². The molecule has 1 aliphatic carbocycles. The SMILES string of the molecule is CCC(C)N(C)CCNc1nccn(C2CC2)c1=O. The van der Waals surface area contributed by atoms with Crippen molar-refractivity contribution >= 4 is 5.82 Å². The lowest BCUT2D eigenvalue weighted by molar-refractivity contribution is 0.261. The summed E-state index contributed by atoms with van der Waals surface area (Å²) >= 11 is 0. The largest absolute Gasteiger partial charge is 0.364 e. The van der Waals surface area contributed by atoms with Crippen LogP contribution in [-0.2, 0) is 0 Å². The molecule has 0 spiro atoms. The number of anilines is 1. The molecule has 1 aromatic rings. The third kappa shape index (κ3) is 3.56. The fraction of sp³-hybridized carbons (Fsp3) is 0.714. The van der Waals surface area contributed by atoms with Crippen molar-refractivity contribution in [1.29, 1.82) is 0 Å². The molecule has 0 amide bonds. The van der Waals surface area contributed by atoms with Gasteiger partial charge in [-0.25, -0.2) is 4.98 Å². The Bertz CT molecular complexity index is 467. The Kier molecular flexibility index (Phi) is 4.58. The van der Waals surface area contributed by atoms with Gasteiger partial charge in [0.2, 0.25) is 0 Å². The fourth-order valence-electron chi connectivity index (χ4n) is 2.07. The monoisotopic (exact) mass is 264 g/mol. The van der Waals surface area contributed by atoms with Gasteiger partial charge in [0.1, 0.15) is 0 Å². The zero-order chi connectivity index (χ0) is 13.8. The molecule has 0 aromatic carbocycles. The molecule has 5 heteroatoms. The van der Waals surface area contributed by atoms with Crippen LogP contribution in [0.5, 0.6) is 0 Å². The predicted molar refractivity (Wildman–Crippen MR) is 77.6 cm³/mol. The molecule has 0 bridgehead atoms. The smallest absolute Gasteiger partial charge is 0.293 e. The first kappa shape index (κ1) is 14.1. The van der Waals surface area contributed by atoms with E-state index < -0.39 is 0 Å². The van der Waals surface area contributed by atoms with Crippen LogP contribution in [-0.4, -0.2) is 40.6 Å². The third-order valence-corrected chi connectivity index (χ3v) is 3.91. The molecule has 1 saturated carbocycles. The molecule has 106 valence electrons. The summed E-state index contributed by atoms with van der Waals surface area (Å²) in [4.78, 5) is 18.6. The summed E-state index contributed by atoms with van der Waals surface area (Å²) in [6.45, 7) is 6.05. The van der Waals surface area contributed by atoms with E-state index in [0.29, 0.717) is 17.9 Å². The molecular formula is C14H24N4O. The number of hydrogen-bond acceptors (Lipinski definition) is 4. The molecule has 0 radical (unpaired) electrons. The summed E-state index contributed by atoms with van der Waals surface area (Å²) in [5.41, 5.74) is 0.0104. The van der Waals surface area contributed by atoms with Crippen molar-refractivity contribution in [2.24, 2.45) is 0 Å². The van der Waals surface area contributed by atoms with E-state index in [4.69, 9.17) is 0 Å². The van der Waals surface area contributed by atoms with Crippen molar-refractivity contribution in [3.63, 3.8) is 0 Å². The molecule has 1 N–H and O–H groups in total. The molecule has 1 atom stereocenters. The predicted octanol–water partition coefficient (Wildman–Crippen LogP) is 1.72. The minimum absolute atomic E-state index is 0.0104. The van der Waals surface area contributed by atoms with E-state index in [1.54, 1.807) is 17.0 Å². The lowest BCUT2D eigenvalue weighted by Gasteiger charge is -2.23. The molecular weight excluding hydrogens is 240 g/mol. The molecule has 19 heavy (non-hydrogen) atoms. The Labute approximate surface area is 114 Å². The molecule has 1 unspecified atom stereocenters. The quantitative estimate of drug-likeness (QED) is 0.814. The van der Waals surface area contributed by atoms with Crippen molar-refractivity contribution in [3.8, 4) is 0 Å². The van der Waals surface area contributed by atoms with Gasteiger partial charge in [-0.1, -0.05) is 6.92 Å². The van der Waals surface area contributed by atoms with Crippen LogP contribution < -0.4 is 10.9 Å². The minimum atomic E-state index is 0.0104. The van der Waals surface area contributed by atoms with Crippen molar-refractivity contribution in [2.75, 3.05) is 25.5 Å². The second-order valence-electron chi connectivity index (χ2n) is 5.38. The molecule has 2 rings (SSSR count). The van der Waals surface area contributed by atoms with E-state index in [2.05, 4.69) is 36.1 Å². The number of rotatable bonds is 7. The molecule has 1 aromatic heterocycles. The summed E-state index contributed by atoms with van der Waals surface area (Å²) in [7, 11) is 2.11. The van der Waals surface area contributed by atoms with E-state index in [1.807, 2.05) is 0 Å². The Balaban J connectivity index is 1.89. The van der Waals surface area contributed by atoms with Gasteiger partial charge in [-0.15, -0.1) is 0 Å². The zero-order valence-corrected chi connectivity index (χ0v) is 12.1. The molecule has 0 saturated heterocycles. The minimum Gasteiger partial charge on any atom is -0.364 e. The topological polar surface area (TPSA) is 50.2 Å². The Morgan fingerprint density at radius 2 is 2.32 bits per heavy atom. The second kappa shape index (κ2) is 6.19. The van der Waals surface area contributed by atoms with Crippen molar-refractivity contribution in [1.82, 2.24) is 14.5 Å². The highest BCUT2D eigenvalue weighted by molar-refractivity contribution is 5.31. The van der Waals surface area contributed by atoms with Crippen LogP contribution in [0.3, 0.4) is 0 Å². The standard InChI is InChI=1S/C14H24N4O/c1-4-11(2)17(3)9-7-15-13-14(19)18(10-8-16-13)12-5-6-12/h8,10-12H,4-7,9H2,1-3H3,(H,15,16). The maximum Gasteiger partial charge on any atom is 0.293 e. The van der Waals surface area contributed by atoms with Crippen molar-refractivity contribution in [2.45, 2.75) is 45.2 Å². The molecule has 0 aliphatic heterocycles. The van der Waals surface area contributed by atoms with Gasteiger partial charge in [0.15, 0.2) is 5.82 Å². The first-order chi connectivity index (χ1) is 9.13. The van der Waals surface area contributed by atoms with Crippen LogP contribution in [0.4, 0.5) is 5.82 Å². The lowest BCUT2D eigenvalue weighted by Crippen LogP contribution is -2.34. The highest BCUT2D eigenvalue weighted by Crippen LogP contribution is 2.33. The number of aromatic nitrogens is 2. The van der Waals surface area contributed by atoms with Gasteiger partial charge in [0.05, 0.1) is 0 Å². The summed E-state index contributed by atoms with van der Waals surface area (Å²) in [6, 6.07) is 0.965. The van der Waals surface area contributed by atoms with Gasteiger partial charge in [0, 0.05) is 37.6 Å². The number of hydrogen-bond donors (Lipinski definition) is 1. The van der Waals surface area contributed by atoms with Gasteiger partial charge in [-0.3, -0.25) is 4.79 Å². The van der Waals surface area contributed by atoms with Crippen LogP contribution in [0.2, 0.25) is 0 Å². The van der Waals surface area contributed by atoms with Crippen LogP contribution in [0, 0.1) is 0 Å². The van der Waals surface area contributed by atoms with Gasteiger partial charge in [-0.05, 0) is 33.2 Å². The maximum atomic E-state index is 12.1. The molecule has 1 heterocycles. The summed E-state index contributed by atoms with van der Waals surface area (Å²) < 4.78 is 1.80. The number of nitrogens with one attached hydrogen (secondary N) is 1. The summed E-state index contributed by atoms with van der Waals surface area (Å²) in [5.74, 6) is 0.479. The molecule has 5 nitrogen and oxygen atoms in total. The number of likely N-dealkylation sites (N-methyl/N-ethyl adjacent to an activating group) is 1. The second-order valence-corrected chi connectivity index (χ2v) is 5.38. The zero-order valence-electron chi connectivity index (χ0n) is 12.1. The molecule has 1 fully saturated rings. The highest BCUT2D eigenvalue weighted by Gasteiger charge is 2.25. The van der Waals surface area contributed by atoms with Crippen molar-refractivity contribution < 1.29 is 0 Å². The van der Waals surface area contributed by atoms with Gasteiger partial charge >= 0.3 is 0 Å². The summed E-state index contributed by atoms with van der Waals surface area (Å²) in [6.07, 6.45) is 6.85. The van der Waals surface area contributed by atoms with Crippen LogP contribution >= 0.6 is 0 Å². The normalized spacial score (nSPS) is 16.6. The van der Waals surface area contributed by atoms with Crippen molar-refractivity contribution in [3.05, 3.63) is 22.7 Å². The highest BCUT2D eigenvalue weighted by atomic mass is 16.1. The van der Waals surface area contributed by atoms with E-state index >= 15 is 0 Å². The van der Waals surface area contributed by atoms with E-state index in [1.165, 1.54) is 0 Å². The van der Waals surface area contributed by atoms with Gasteiger partial charge in [0.25, 0.3) is 5.56 Å². The number of nitrogens with zero attached hydrogens (tertiary/aromatic N) is 3. The van der Waals surface area contributed by atoms with Crippen LogP contribution in [0.25, 0.3) is 0 Å². The average molecular weight is 264 g/mol. The first-order valence-electron chi connectivity index (χ1n) is 7.14. The van der Waals surface area contributed by atoms with Crippen LogP contribution in [0.15, 0.2) is 17.2 Å². The van der Waals surface area contributed by atoms with Gasteiger partial charge < -0.3 is 14.8 Å². The summed E-state index contributed by atoms with van der Waals surface area (Å²) in [5, 5.41) is 3.16. The van der Waals surface area contributed by atoms with E-state index in [9.17, 15) is 4.79 Å². The third-order valence-electron chi connectivity index (χ3n) is 3.91.